The molecule has 0 aliphatic rings. The molecule has 0 atom stereocenters. The number of hydrogen-bond acceptors (Lipinski definition) is 4. The van der Waals surface area contributed by atoms with Crippen LogP contribution in [0.2, 0.25) is 5.02 Å². The summed E-state index contributed by atoms with van der Waals surface area (Å²) in [6, 6.07) is 24.5. The molecule has 0 aliphatic heterocycles. The number of para-hydroxylation sites is 1. The molecule has 1 heterocycles. The van der Waals surface area contributed by atoms with Gasteiger partial charge in [0.2, 0.25) is 0 Å². The molecule has 0 unspecified atom stereocenters. The van der Waals surface area contributed by atoms with Gasteiger partial charge in [0.15, 0.2) is 9.84 Å². The van der Waals surface area contributed by atoms with Crippen molar-refractivity contribution in [2.75, 3.05) is 12.3 Å². The highest BCUT2D eigenvalue weighted by atomic mass is 35.5. The second-order valence-electron chi connectivity index (χ2n) is 6.94. The highest BCUT2D eigenvalue weighted by Gasteiger charge is 2.17. The van der Waals surface area contributed by atoms with E-state index < -0.39 is 9.84 Å². The van der Waals surface area contributed by atoms with E-state index in [4.69, 9.17) is 11.6 Å². The predicted octanol–water partition coefficient (Wildman–Crippen LogP) is 4.76. The molecular formula is C24H19ClN2O3S. The van der Waals surface area contributed by atoms with Gasteiger partial charge < -0.3 is 5.32 Å². The first-order valence-corrected chi connectivity index (χ1v) is 11.7. The number of nitrogens with zero attached hydrogens (tertiary/aromatic N) is 1. The van der Waals surface area contributed by atoms with Crippen molar-refractivity contribution in [2.45, 2.75) is 4.90 Å². The topological polar surface area (TPSA) is 76.1 Å². The molecule has 1 aromatic heterocycles. The second kappa shape index (κ2) is 8.88. The SMILES string of the molecule is O=C(NCCS(=O)(=O)c1ccccc1)c1cc(-c2ccccc2Cl)nc2ccccc12. The fraction of sp³-hybridized carbons (Fsp3) is 0.0833. The van der Waals surface area contributed by atoms with Crippen LogP contribution in [0.25, 0.3) is 22.2 Å². The van der Waals surface area contributed by atoms with Crippen molar-refractivity contribution in [3.8, 4) is 11.3 Å². The molecule has 0 fully saturated rings. The summed E-state index contributed by atoms with van der Waals surface area (Å²) in [6.07, 6.45) is 0. The van der Waals surface area contributed by atoms with Crippen LogP contribution in [0.15, 0.2) is 89.8 Å². The van der Waals surface area contributed by atoms with Gasteiger partial charge in [-0.2, -0.15) is 0 Å². The smallest absolute Gasteiger partial charge is 0.252 e. The summed E-state index contributed by atoms with van der Waals surface area (Å²) < 4.78 is 24.9. The predicted molar refractivity (Wildman–Crippen MR) is 123 cm³/mol. The number of halogens is 1. The van der Waals surface area contributed by atoms with Crippen LogP contribution in [0.5, 0.6) is 0 Å². The highest BCUT2D eigenvalue weighted by Crippen LogP contribution is 2.29. The minimum atomic E-state index is -3.48. The number of hydrogen-bond donors (Lipinski definition) is 1. The number of aromatic nitrogens is 1. The zero-order chi connectivity index (χ0) is 21.8. The van der Waals surface area contributed by atoms with Gasteiger partial charge >= 0.3 is 0 Å². The Kier molecular flexibility index (Phi) is 6.02. The van der Waals surface area contributed by atoms with E-state index >= 15 is 0 Å². The standard InChI is InChI=1S/C24H19ClN2O3S/c25-21-12-6-4-11-19(21)23-16-20(18-10-5-7-13-22(18)27-23)24(28)26-14-15-31(29,30)17-8-2-1-3-9-17/h1-13,16H,14-15H2,(H,26,28). The summed E-state index contributed by atoms with van der Waals surface area (Å²) in [5.74, 6) is -0.557. The number of fused-ring (bicyclic) bond motifs is 1. The summed E-state index contributed by atoms with van der Waals surface area (Å²) in [6.45, 7) is -0.00582. The number of amides is 1. The van der Waals surface area contributed by atoms with E-state index in [1.54, 1.807) is 42.5 Å². The lowest BCUT2D eigenvalue weighted by Crippen LogP contribution is -2.29. The molecule has 3 aromatic carbocycles. The van der Waals surface area contributed by atoms with Crippen molar-refractivity contribution < 1.29 is 13.2 Å². The summed E-state index contributed by atoms with van der Waals surface area (Å²) in [5, 5.41) is 3.95. The first kappa shape index (κ1) is 21.0. The van der Waals surface area contributed by atoms with E-state index in [0.717, 1.165) is 5.56 Å². The molecule has 0 bridgehead atoms. The molecule has 4 aromatic rings. The molecule has 0 spiro atoms. The Morgan fingerprint density at radius 1 is 0.903 bits per heavy atom. The maximum atomic E-state index is 13.0. The highest BCUT2D eigenvalue weighted by molar-refractivity contribution is 7.91. The van der Waals surface area contributed by atoms with Crippen LogP contribution in [-0.2, 0) is 9.84 Å². The van der Waals surface area contributed by atoms with Crippen LogP contribution in [-0.4, -0.2) is 31.6 Å². The van der Waals surface area contributed by atoms with Crippen molar-refractivity contribution in [1.82, 2.24) is 10.3 Å². The molecule has 0 aliphatic carbocycles. The Bertz CT molecular complexity index is 1360. The first-order valence-electron chi connectivity index (χ1n) is 9.66. The number of sulfone groups is 1. The maximum Gasteiger partial charge on any atom is 0.252 e. The molecule has 156 valence electrons. The number of rotatable bonds is 6. The second-order valence-corrected chi connectivity index (χ2v) is 9.46. The summed E-state index contributed by atoms with van der Waals surface area (Å²) in [4.78, 5) is 17.9. The van der Waals surface area contributed by atoms with Crippen LogP contribution in [0.3, 0.4) is 0 Å². The van der Waals surface area contributed by atoms with E-state index in [1.807, 2.05) is 42.5 Å². The van der Waals surface area contributed by atoms with Gasteiger partial charge in [0.05, 0.1) is 27.4 Å². The van der Waals surface area contributed by atoms with Gasteiger partial charge in [-0.25, -0.2) is 13.4 Å². The van der Waals surface area contributed by atoms with Gasteiger partial charge in [-0.15, -0.1) is 0 Å². The number of benzene rings is 3. The summed E-state index contributed by atoms with van der Waals surface area (Å²) >= 11 is 6.33. The lowest BCUT2D eigenvalue weighted by Gasteiger charge is -2.11. The molecule has 0 radical (unpaired) electrons. The fourth-order valence-corrected chi connectivity index (χ4v) is 4.72. The van der Waals surface area contributed by atoms with Crippen molar-refractivity contribution in [3.63, 3.8) is 0 Å². The largest absolute Gasteiger partial charge is 0.351 e. The Labute approximate surface area is 185 Å². The van der Waals surface area contributed by atoms with Gasteiger partial charge in [-0.3, -0.25) is 4.79 Å². The molecule has 0 saturated heterocycles. The molecule has 5 nitrogen and oxygen atoms in total. The van der Waals surface area contributed by atoms with Gasteiger partial charge in [0, 0.05) is 22.5 Å². The van der Waals surface area contributed by atoms with Gasteiger partial charge in [0.25, 0.3) is 5.91 Å². The maximum absolute atomic E-state index is 13.0. The molecule has 1 N–H and O–H groups in total. The number of pyridine rings is 1. The molecule has 0 saturated carbocycles. The summed E-state index contributed by atoms with van der Waals surface area (Å²) in [5.41, 5.74) is 2.36. The molecule has 7 heteroatoms. The monoisotopic (exact) mass is 450 g/mol. The lowest BCUT2D eigenvalue weighted by atomic mass is 10.0. The average Bonchev–Trinajstić information content (AvgIpc) is 2.79. The van der Waals surface area contributed by atoms with Crippen molar-refractivity contribution in [1.29, 1.82) is 0 Å². The van der Waals surface area contributed by atoms with Crippen molar-refractivity contribution in [2.24, 2.45) is 0 Å². The Morgan fingerprint density at radius 2 is 1.58 bits per heavy atom. The lowest BCUT2D eigenvalue weighted by molar-refractivity contribution is 0.0957. The van der Waals surface area contributed by atoms with E-state index in [2.05, 4.69) is 10.3 Å². The molecule has 31 heavy (non-hydrogen) atoms. The van der Waals surface area contributed by atoms with Crippen LogP contribution in [0.4, 0.5) is 0 Å². The minimum absolute atomic E-state index is 0.00582. The number of nitrogens with one attached hydrogen (secondary N) is 1. The number of carbonyl (C=O) groups is 1. The van der Waals surface area contributed by atoms with E-state index in [9.17, 15) is 13.2 Å². The van der Waals surface area contributed by atoms with Gasteiger partial charge in [0.1, 0.15) is 0 Å². The summed E-state index contributed by atoms with van der Waals surface area (Å²) in [7, 11) is -3.48. The minimum Gasteiger partial charge on any atom is -0.351 e. The van der Waals surface area contributed by atoms with Gasteiger partial charge in [-0.05, 0) is 30.3 Å². The van der Waals surface area contributed by atoms with Crippen LogP contribution in [0.1, 0.15) is 10.4 Å². The van der Waals surface area contributed by atoms with E-state index in [0.29, 0.717) is 27.2 Å². The first-order chi connectivity index (χ1) is 15.0. The Morgan fingerprint density at radius 3 is 2.35 bits per heavy atom. The zero-order valence-corrected chi connectivity index (χ0v) is 18.0. The van der Waals surface area contributed by atoms with Crippen LogP contribution >= 0.6 is 11.6 Å². The number of carbonyl (C=O) groups excluding carboxylic acids is 1. The normalized spacial score (nSPS) is 11.4. The van der Waals surface area contributed by atoms with Crippen molar-refractivity contribution in [3.05, 3.63) is 95.5 Å². The van der Waals surface area contributed by atoms with E-state index in [1.165, 1.54) is 0 Å². The van der Waals surface area contributed by atoms with Gasteiger partial charge in [-0.1, -0.05) is 66.2 Å². The Hall–Kier alpha value is -3.22. The zero-order valence-electron chi connectivity index (χ0n) is 16.5. The third kappa shape index (κ3) is 4.60. The molecule has 4 rings (SSSR count). The van der Waals surface area contributed by atoms with Crippen LogP contribution < -0.4 is 5.32 Å². The third-order valence-electron chi connectivity index (χ3n) is 4.87. The van der Waals surface area contributed by atoms with Crippen molar-refractivity contribution >= 4 is 38.2 Å². The van der Waals surface area contributed by atoms with E-state index in [-0.39, 0.29) is 23.1 Å². The Balaban J connectivity index is 1.61. The molecule has 1 amide bonds. The third-order valence-corrected chi connectivity index (χ3v) is 6.93. The fourth-order valence-electron chi connectivity index (χ4n) is 3.31. The molecular weight excluding hydrogens is 432 g/mol. The quantitative estimate of drug-likeness (QED) is 0.459. The van der Waals surface area contributed by atoms with Crippen LogP contribution in [0, 0.1) is 0 Å². The average molecular weight is 451 g/mol.